The molecule has 0 saturated heterocycles. The molecule has 0 amide bonds. The van der Waals surface area contributed by atoms with Crippen LogP contribution in [0.5, 0.6) is 5.75 Å². The van der Waals surface area contributed by atoms with Gasteiger partial charge in [0.25, 0.3) is 0 Å². The summed E-state index contributed by atoms with van der Waals surface area (Å²) in [4.78, 5) is 0. The second-order valence-electron chi connectivity index (χ2n) is 4.42. The van der Waals surface area contributed by atoms with Crippen LogP contribution in [-0.4, -0.2) is 12.2 Å². The zero-order valence-corrected chi connectivity index (χ0v) is 11.0. The lowest BCUT2D eigenvalue weighted by Gasteiger charge is -2.13. The first kappa shape index (κ1) is 12.7. The van der Waals surface area contributed by atoms with Crippen molar-refractivity contribution in [3.8, 4) is 16.9 Å². The SMILES string of the molecule is COc1ccc(-c2cccc(CO)c2)c(C)c1C. The van der Waals surface area contributed by atoms with E-state index in [1.54, 1.807) is 7.11 Å². The molecule has 94 valence electrons. The predicted molar refractivity (Wildman–Crippen MR) is 73.8 cm³/mol. The van der Waals surface area contributed by atoms with Gasteiger partial charge in [0.1, 0.15) is 5.75 Å². The van der Waals surface area contributed by atoms with Crippen molar-refractivity contribution in [2.75, 3.05) is 7.11 Å². The van der Waals surface area contributed by atoms with Gasteiger partial charge in [0.2, 0.25) is 0 Å². The van der Waals surface area contributed by atoms with E-state index in [1.807, 2.05) is 24.3 Å². The van der Waals surface area contributed by atoms with Crippen molar-refractivity contribution in [1.82, 2.24) is 0 Å². The summed E-state index contributed by atoms with van der Waals surface area (Å²) in [6, 6.07) is 12.0. The molecule has 0 aliphatic heterocycles. The van der Waals surface area contributed by atoms with Crippen LogP contribution >= 0.6 is 0 Å². The minimum absolute atomic E-state index is 0.0715. The molecule has 2 nitrogen and oxygen atoms in total. The van der Waals surface area contributed by atoms with E-state index in [-0.39, 0.29) is 6.61 Å². The Kier molecular flexibility index (Phi) is 3.68. The molecule has 18 heavy (non-hydrogen) atoms. The van der Waals surface area contributed by atoms with Gasteiger partial charge in [-0.15, -0.1) is 0 Å². The Bertz CT molecular complexity index is 559. The third kappa shape index (κ3) is 2.24. The summed E-state index contributed by atoms with van der Waals surface area (Å²) in [7, 11) is 1.69. The molecule has 0 unspecified atom stereocenters. The smallest absolute Gasteiger partial charge is 0.122 e. The molecule has 0 spiro atoms. The van der Waals surface area contributed by atoms with Crippen LogP contribution in [0.15, 0.2) is 36.4 Å². The summed E-state index contributed by atoms with van der Waals surface area (Å²) in [5.41, 5.74) is 5.61. The highest BCUT2D eigenvalue weighted by Gasteiger charge is 2.08. The Morgan fingerprint density at radius 1 is 1.06 bits per heavy atom. The van der Waals surface area contributed by atoms with E-state index in [4.69, 9.17) is 4.74 Å². The van der Waals surface area contributed by atoms with Crippen LogP contribution in [-0.2, 0) is 6.61 Å². The molecule has 1 N–H and O–H groups in total. The number of methoxy groups -OCH3 is 1. The van der Waals surface area contributed by atoms with Gasteiger partial charge in [0.05, 0.1) is 13.7 Å². The first-order valence-corrected chi connectivity index (χ1v) is 6.01. The van der Waals surface area contributed by atoms with E-state index in [1.165, 1.54) is 11.1 Å². The quantitative estimate of drug-likeness (QED) is 0.893. The van der Waals surface area contributed by atoms with Gasteiger partial charge in [-0.05, 0) is 53.8 Å². The van der Waals surface area contributed by atoms with Crippen molar-refractivity contribution in [1.29, 1.82) is 0 Å². The third-order valence-corrected chi connectivity index (χ3v) is 3.38. The van der Waals surface area contributed by atoms with Crippen LogP contribution in [0, 0.1) is 13.8 Å². The molecule has 0 fully saturated rings. The Hall–Kier alpha value is -1.80. The maximum Gasteiger partial charge on any atom is 0.122 e. The summed E-state index contributed by atoms with van der Waals surface area (Å²) in [5, 5.41) is 9.20. The van der Waals surface area contributed by atoms with Crippen LogP contribution in [0.3, 0.4) is 0 Å². The molecular formula is C16H18O2. The maximum atomic E-state index is 9.20. The van der Waals surface area contributed by atoms with Crippen LogP contribution < -0.4 is 4.74 Å². The Balaban J connectivity index is 2.54. The molecule has 0 aliphatic carbocycles. The minimum atomic E-state index is 0.0715. The van der Waals surface area contributed by atoms with Crippen molar-refractivity contribution in [3.63, 3.8) is 0 Å². The second kappa shape index (κ2) is 5.23. The van der Waals surface area contributed by atoms with E-state index < -0.39 is 0 Å². The number of rotatable bonds is 3. The van der Waals surface area contributed by atoms with Crippen molar-refractivity contribution in [2.45, 2.75) is 20.5 Å². The van der Waals surface area contributed by atoms with Crippen LogP contribution in [0.1, 0.15) is 16.7 Å². The van der Waals surface area contributed by atoms with Crippen molar-refractivity contribution in [2.24, 2.45) is 0 Å². The van der Waals surface area contributed by atoms with Crippen molar-refractivity contribution >= 4 is 0 Å². The van der Waals surface area contributed by atoms with Crippen LogP contribution in [0.2, 0.25) is 0 Å². The van der Waals surface area contributed by atoms with E-state index in [2.05, 4.69) is 26.0 Å². The van der Waals surface area contributed by atoms with Gasteiger partial charge in [-0.2, -0.15) is 0 Å². The third-order valence-electron chi connectivity index (χ3n) is 3.38. The van der Waals surface area contributed by atoms with Crippen LogP contribution in [0.25, 0.3) is 11.1 Å². The number of ether oxygens (including phenoxy) is 1. The average molecular weight is 242 g/mol. The second-order valence-corrected chi connectivity index (χ2v) is 4.42. The molecule has 0 heterocycles. The number of hydrogen-bond acceptors (Lipinski definition) is 2. The van der Waals surface area contributed by atoms with Gasteiger partial charge in [0, 0.05) is 0 Å². The lowest BCUT2D eigenvalue weighted by atomic mass is 9.95. The lowest BCUT2D eigenvalue weighted by Crippen LogP contribution is -1.93. The number of aliphatic hydroxyl groups is 1. The highest BCUT2D eigenvalue weighted by Crippen LogP contribution is 2.31. The van der Waals surface area contributed by atoms with Gasteiger partial charge in [0.15, 0.2) is 0 Å². The van der Waals surface area contributed by atoms with E-state index >= 15 is 0 Å². The molecule has 0 aromatic heterocycles. The minimum Gasteiger partial charge on any atom is -0.496 e. The summed E-state index contributed by atoms with van der Waals surface area (Å²) in [5.74, 6) is 0.912. The topological polar surface area (TPSA) is 29.5 Å². The molecule has 0 aliphatic rings. The van der Waals surface area contributed by atoms with Crippen molar-refractivity contribution in [3.05, 3.63) is 53.1 Å². The van der Waals surface area contributed by atoms with Gasteiger partial charge in [-0.25, -0.2) is 0 Å². The van der Waals surface area contributed by atoms with Crippen LogP contribution in [0.4, 0.5) is 0 Å². The normalized spacial score (nSPS) is 10.4. The number of hydrogen-bond donors (Lipinski definition) is 1. The highest BCUT2D eigenvalue weighted by atomic mass is 16.5. The molecule has 0 bridgehead atoms. The maximum absolute atomic E-state index is 9.20. The van der Waals surface area contributed by atoms with Gasteiger partial charge < -0.3 is 9.84 Å². The molecule has 2 aromatic carbocycles. The monoisotopic (exact) mass is 242 g/mol. The van der Waals surface area contributed by atoms with Gasteiger partial charge >= 0.3 is 0 Å². The van der Waals surface area contributed by atoms with Crippen molar-refractivity contribution < 1.29 is 9.84 Å². The molecular weight excluding hydrogens is 224 g/mol. The first-order chi connectivity index (χ1) is 8.67. The van der Waals surface area contributed by atoms with E-state index in [9.17, 15) is 5.11 Å². The fraction of sp³-hybridized carbons (Fsp3) is 0.250. The standard InChI is InChI=1S/C16H18O2/c1-11-12(2)16(18-3)8-7-15(11)14-6-4-5-13(9-14)10-17/h4-9,17H,10H2,1-3H3. The molecule has 2 rings (SSSR count). The Labute approximate surface area is 108 Å². The average Bonchev–Trinajstić information content (AvgIpc) is 2.42. The summed E-state index contributed by atoms with van der Waals surface area (Å²) < 4.78 is 5.32. The molecule has 2 aromatic rings. The molecule has 0 atom stereocenters. The predicted octanol–water partition coefficient (Wildman–Crippen LogP) is 3.47. The Morgan fingerprint density at radius 3 is 2.50 bits per heavy atom. The fourth-order valence-electron chi connectivity index (χ4n) is 2.17. The molecule has 2 heteroatoms. The lowest BCUT2D eigenvalue weighted by molar-refractivity contribution is 0.282. The first-order valence-electron chi connectivity index (χ1n) is 6.01. The van der Waals surface area contributed by atoms with E-state index in [0.717, 1.165) is 22.4 Å². The zero-order valence-electron chi connectivity index (χ0n) is 11.0. The summed E-state index contributed by atoms with van der Waals surface area (Å²) >= 11 is 0. The largest absolute Gasteiger partial charge is 0.496 e. The molecule has 0 radical (unpaired) electrons. The fourth-order valence-corrected chi connectivity index (χ4v) is 2.17. The molecule has 0 saturated carbocycles. The zero-order chi connectivity index (χ0) is 13.1. The van der Waals surface area contributed by atoms with E-state index in [0.29, 0.717) is 0 Å². The highest BCUT2D eigenvalue weighted by molar-refractivity contribution is 5.70. The summed E-state index contributed by atoms with van der Waals surface area (Å²) in [6.07, 6.45) is 0. The van der Waals surface area contributed by atoms with Gasteiger partial charge in [-0.1, -0.05) is 24.3 Å². The van der Waals surface area contributed by atoms with Gasteiger partial charge in [-0.3, -0.25) is 0 Å². The Morgan fingerprint density at radius 2 is 1.83 bits per heavy atom. The number of aliphatic hydroxyl groups excluding tert-OH is 1. The summed E-state index contributed by atoms with van der Waals surface area (Å²) in [6.45, 7) is 4.23. The number of benzene rings is 2.